The number of fused-ring (bicyclic) bond motifs is 1. The van der Waals surface area contributed by atoms with Crippen molar-refractivity contribution in [2.24, 2.45) is 0 Å². The molecule has 1 aliphatic rings. The van der Waals surface area contributed by atoms with Crippen LogP contribution in [-0.2, 0) is 17.6 Å². The standard InChI is InChI=1S/C24H29N3O2/c1-3-24(28)26-16-14-19(15-17-26)27-21-10-6-5-9-20(21)25-23(27)13-12-18-8-4-7-11-22(18)29-2/h4-11,19H,3,12-17H2,1-2H3. The van der Waals surface area contributed by atoms with Crippen molar-refractivity contribution in [2.45, 2.75) is 45.1 Å². The van der Waals surface area contributed by atoms with Gasteiger partial charge in [-0.2, -0.15) is 0 Å². The van der Waals surface area contributed by atoms with Crippen molar-refractivity contribution in [3.63, 3.8) is 0 Å². The highest BCUT2D eigenvalue weighted by molar-refractivity contribution is 5.77. The number of hydrogen-bond acceptors (Lipinski definition) is 3. The third kappa shape index (κ3) is 4.00. The van der Waals surface area contributed by atoms with Gasteiger partial charge in [-0.3, -0.25) is 4.79 Å². The maximum absolute atomic E-state index is 12.1. The summed E-state index contributed by atoms with van der Waals surface area (Å²) < 4.78 is 7.95. The zero-order valence-corrected chi connectivity index (χ0v) is 17.3. The first-order valence-corrected chi connectivity index (χ1v) is 10.6. The van der Waals surface area contributed by atoms with Crippen molar-refractivity contribution in [2.75, 3.05) is 20.2 Å². The molecule has 2 heterocycles. The molecule has 5 nitrogen and oxygen atoms in total. The molecule has 29 heavy (non-hydrogen) atoms. The van der Waals surface area contributed by atoms with Gasteiger partial charge in [-0.05, 0) is 43.0 Å². The van der Waals surface area contributed by atoms with Gasteiger partial charge in [0, 0.05) is 32.0 Å². The van der Waals surface area contributed by atoms with E-state index in [0.717, 1.165) is 55.9 Å². The van der Waals surface area contributed by atoms with Gasteiger partial charge in [-0.15, -0.1) is 0 Å². The first kappa shape index (κ1) is 19.5. The van der Waals surface area contributed by atoms with E-state index in [9.17, 15) is 4.79 Å². The number of para-hydroxylation sites is 3. The van der Waals surface area contributed by atoms with Crippen molar-refractivity contribution >= 4 is 16.9 Å². The van der Waals surface area contributed by atoms with E-state index in [2.05, 4.69) is 34.9 Å². The Bertz CT molecular complexity index is 987. The van der Waals surface area contributed by atoms with Gasteiger partial charge in [0.2, 0.25) is 5.91 Å². The molecule has 152 valence electrons. The number of piperidine rings is 1. The average Bonchev–Trinajstić information content (AvgIpc) is 3.15. The number of nitrogens with zero attached hydrogens (tertiary/aromatic N) is 3. The molecule has 5 heteroatoms. The Morgan fingerprint density at radius 2 is 1.79 bits per heavy atom. The van der Waals surface area contributed by atoms with Crippen LogP contribution in [0.2, 0.25) is 0 Å². The fraction of sp³-hybridized carbons (Fsp3) is 0.417. The molecule has 0 saturated carbocycles. The van der Waals surface area contributed by atoms with E-state index in [-0.39, 0.29) is 5.91 Å². The third-order valence-corrected chi connectivity index (χ3v) is 5.96. The van der Waals surface area contributed by atoms with E-state index in [4.69, 9.17) is 9.72 Å². The predicted octanol–water partition coefficient (Wildman–Crippen LogP) is 4.40. The molecule has 1 aliphatic heterocycles. The molecule has 1 fully saturated rings. The maximum Gasteiger partial charge on any atom is 0.222 e. The molecule has 2 aromatic carbocycles. The second kappa shape index (κ2) is 8.68. The van der Waals surface area contributed by atoms with E-state index in [1.807, 2.05) is 30.0 Å². The molecule has 0 unspecified atom stereocenters. The summed E-state index contributed by atoms with van der Waals surface area (Å²) in [5.74, 6) is 2.31. The Labute approximate surface area is 172 Å². The minimum absolute atomic E-state index is 0.260. The molecule has 1 amide bonds. The van der Waals surface area contributed by atoms with Crippen LogP contribution in [0.5, 0.6) is 5.75 Å². The van der Waals surface area contributed by atoms with Crippen LogP contribution in [0.1, 0.15) is 43.6 Å². The van der Waals surface area contributed by atoms with Crippen LogP contribution in [0.3, 0.4) is 0 Å². The summed E-state index contributed by atoms with van der Waals surface area (Å²) in [7, 11) is 1.72. The van der Waals surface area contributed by atoms with Crippen LogP contribution in [0.15, 0.2) is 48.5 Å². The second-order valence-electron chi connectivity index (χ2n) is 7.66. The van der Waals surface area contributed by atoms with Crippen molar-refractivity contribution in [3.05, 3.63) is 59.9 Å². The number of aryl methyl sites for hydroxylation is 2. The topological polar surface area (TPSA) is 47.4 Å². The highest BCUT2D eigenvalue weighted by Crippen LogP contribution is 2.30. The SMILES string of the molecule is CCC(=O)N1CCC(n2c(CCc3ccccc3OC)nc3ccccc32)CC1. The number of likely N-dealkylation sites (tertiary alicyclic amines) is 1. The highest BCUT2D eigenvalue weighted by atomic mass is 16.5. The number of ether oxygens (including phenoxy) is 1. The highest BCUT2D eigenvalue weighted by Gasteiger charge is 2.26. The quantitative estimate of drug-likeness (QED) is 0.626. The molecule has 0 bridgehead atoms. The first-order valence-electron chi connectivity index (χ1n) is 10.6. The lowest BCUT2D eigenvalue weighted by Crippen LogP contribution is -2.38. The summed E-state index contributed by atoms with van der Waals surface area (Å²) in [5, 5.41) is 0. The van der Waals surface area contributed by atoms with Gasteiger partial charge in [-0.1, -0.05) is 37.3 Å². The lowest BCUT2D eigenvalue weighted by atomic mass is 10.0. The fourth-order valence-corrected chi connectivity index (χ4v) is 4.43. The summed E-state index contributed by atoms with van der Waals surface area (Å²) in [6.45, 7) is 3.60. The lowest BCUT2D eigenvalue weighted by Gasteiger charge is -2.33. The summed E-state index contributed by atoms with van der Waals surface area (Å²) in [6.07, 6.45) is 4.30. The van der Waals surface area contributed by atoms with Gasteiger partial charge in [0.25, 0.3) is 0 Å². The monoisotopic (exact) mass is 391 g/mol. The number of carbonyl (C=O) groups is 1. The number of rotatable bonds is 6. The van der Waals surface area contributed by atoms with Crippen molar-refractivity contribution in [1.82, 2.24) is 14.5 Å². The molecular weight excluding hydrogens is 362 g/mol. The van der Waals surface area contributed by atoms with Crippen molar-refractivity contribution in [3.8, 4) is 5.75 Å². The Hall–Kier alpha value is -2.82. The van der Waals surface area contributed by atoms with E-state index < -0.39 is 0 Å². The maximum atomic E-state index is 12.1. The smallest absolute Gasteiger partial charge is 0.222 e. The Morgan fingerprint density at radius 1 is 1.07 bits per heavy atom. The summed E-state index contributed by atoms with van der Waals surface area (Å²) in [4.78, 5) is 19.0. The van der Waals surface area contributed by atoms with Gasteiger partial charge < -0.3 is 14.2 Å². The Balaban J connectivity index is 1.59. The number of hydrogen-bond donors (Lipinski definition) is 0. The molecule has 3 aromatic rings. The van der Waals surface area contributed by atoms with Crippen LogP contribution in [0.25, 0.3) is 11.0 Å². The van der Waals surface area contributed by atoms with Gasteiger partial charge in [-0.25, -0.2) is 4.98 Å². The van der Waals surface area contributed by atoms with Crippen LogP contribution < -0.4 is 4.74 Å². The summed E-state index contributed by atoms with van der Waals surface area (Å²) in [5.41, 5.74) is 3.45. The number of methoxy groups -OCH3 is 1. The first-order chi connectivity index (χ1) is 14.2. The Morgan fingerprint density at radius 3 is 2.55 bits per heavy atom. The number of aromatic nitrogens is 2. The minimum Gasteiger partial charge on any atom is -0.496 e. The largest absolute Gasteiger partial charge is 0.496 e. The van der Waals surface area contributed by atoms with E-state index >= 15 is 0 Å². The molecule has 0 radical (unpaired) electrons. The number of carbonyl (C=O) groups excluding carboxylic acids is 1. The minimum atomic E-state index is 0.260. The normalized spacial score (nSPS) is 15.0. The third-order valence-electron chi connectivity index (χ3n) is 5.96. The second-order valence-corrected chi connectivity index (χ2v) is 7.66. The van der Waals surface area contributed by atoms with E-state index in [1.54, 1.807) is 7.11 Å². The molecule has 1 aromatic heterocycles. The van der Waals surface area contributed by atoms with Gasteiger partial charge in [0.05, 0.1) is 18.1 Å². The van der Waals surface area contributed by atoms with Crippen molar-refractivity contribution < 1.29 is 9.53 Å². The van der Waals surface area contributed by atoms with E-state index in [1.165, 1.54) is 11.1 Å². The fourth-order valence-electron chi connectivity index (χ4n) is 4.43. The summed E-state index contributed by atoms with van der Waals surface area (Å²) >= 11 is 0. The summed E-state index contributed by atoms with van der Waals surface area (Å²) in [6, 6.07) is 17.0. The van der Waals surface area contributed by atoms with Crippen LogP contribution in [-0.4, -0.2) is 40.6 Å². The van der Waals surface area contributed by atoms with Gasteiger partial charge in [0.1, 0.15) is 11.6 Å². The van der Waals surface area contributed by atoms with Gasteiger partial charge >= 0.3 is 0 Å². The average molecular weight is 392 g/mol. The molecule has 0 N–H and O–H groups in total. The molecule has 0 atom stereocenters. The molecule has 4 rings (SSSR count). The molecular formula is C24H29N3O2. The van der Waals surface area contributed by atoms with Crippen LogP contribution in [0.4, 0.5) is 0 Å². The number of benzene rings is 2. The van der Waals surface area contributed by atoms with E-state index in [0.29, 0.717) is 12.5 Å². The van der Waals surface area contributed by atoms with Crippen LogP contribution in [0, 0.1) is 0 Å². The Kier molecular flexibility index (Phi) is 5.84. The molecule has 1 saturated heterocycles. The number of imidazole rings is 1. The molecule has 0 aliphatic carbocycles. The van der Waals surface area contributed by atoms with Crippen molar-refractivity contribution in [1.29, 1.82) is 0 Å². The zero-order chi connectivity index (χ0) is 20.2. The van der Waals surface area contributed by atoms with Gasteiger partial charge in [0.15, 0.2) is 0 Å². The molecule has 0 spiro atoms. The zero-order valence-electron chi connectivity index (χ0n) is 17.3. The predicted molar refractivity (Wildman–Crippen MR) is 115 cm³/mol. The lowest BCUT2D eigenvalue weighted by molar-refractivity contribution is -0.132. The number of amides is 1. The van der Waals surface area contributed by atoms with Crippen LogP contribution >= 0.6 is 0 Å².